The van der Waals surface area contributed by atoms with Crippen LogP contribution in [0.5, 0.6) is 0 Å². The lowest BCUT2D eigenvalue weighted by atomic mass is 9.67. The summed E-state index contributed by atoms with van der Waals surface area (Å²) in [6.45, 7) is 5.24. The molecule has 1 spiro atoms. The number of hydrogen-bond donors (Lipinski definition) is 1. The molecule has 1 amide bonds. The van der Waals surface area contributed by atoms with Crippen molar-refractivity contribution in [1.29, 1.82) is 0 Å². The number of benzene rings is 1. The fourth-order valence-electron chi connectivity index (χ4n) is 5.64. The first-order chi connectivity index (χ1) is 18.1. The van der Waals surface area contributed by atoms with Crippen LogP contribution in [0.25, 0.3) is 11.3 Å². The van der Waals surface area contributed by atoms with Crippen LogP contribution in [0.3, 0.4) is 0 Å². The Morgan fingerprint density at radius 2 is 1.69 bits per heavy atom. The number of aromatic carboxylic acids is 1. The second-order valence-electron chi connectivity index (χ2n) is 11.0. The highest BCUT2D eigenvalue weighted by molar-refractivity contribution is 5.98. The number of anilines is 1. The van der Waals surface area contributed by atoms with Crippen molar-refractivity contribution in [3.05, 3.63) is 65.0 Å². The van der Waals surface area contributed by atoms with E-state index in [1.165, 1.54) is 12.1 Å². The summed E-state index contributed by atoms with van der Waals surface area (Å²) in [6.07, 6.45) is 4.70. The highest BCUT2D eigenvalue weighted by Crippen LogP contribution is 2.44. The third kappa shape index (κ3) is 5.41. The van der Waals surface area contributed by atoms with Crippen molar-refractivity contribution in [3.8, 4) is 11.3 Å². The third-order valence-corrected chi connectivity index (χ3v) is 7.78. The van der Waals surface area contributed by atoms with Crippen molar-refractivity contribution < 1.29 is 19.5 Å². The van der Waals surface area contributed by atoms with E-state index in [0.717, 1.165) is 36.1 Å². The lowest BCUT2D eigenvalue weighted by molar-refractivity contribution is 0.0516. The average molecular weight is 552 g/mol. The number of ketones is 1. The molecule has 1 aliphatic heterocycles. The molecule has 10 heteroatoms. The number of carboxylic acids is 1. The summed E-state index contributed by atoms with van der Waals surface area (Å²) in [5.41, 5.74) is 3.73. The van der Waals surface area contributed by atoms with Gasteiger partial charge in [-0.25, -0.2) is 9.78 Å². The SMILES string of the molecule is CC(C)n1ncc2c1C(=O)CC1(CCN(C(=O)c3cc(-c4ccc(C(=O)O)cc4)nc(N(C)C)c3)CC1)C2.Cl. The number of carbonyl (C=O) groups is 3. The van der Waals surface area contributed by atoms with Crippen LogP contribution >= 0.6 is 12.4 Å². The summed E-state index contributed by atoms with van der Waals surface area (Å²) in [5.74, 6) is -0.256. The molecule has 1 fully saturated rings. The summed E-state index contributed by atoms with van der Waals surface area (Å²) in [6, 6.07) is 10.2. The fraction of sp³-hybridized carbons (Fsp3) is 0.414. The van der Waals surface area contributed by atoms with Crippen LogP contribution in [-0.4, -0.2) is 69.6 Å². The summed E-state index contributed by atoms with van der Waals surface area (Å²) in [7, 11) is 3.74. The van der Waals surface area contributed by atoms with Crippen molar-refractivity contribution in [2.45, 2.75) is 45.6 Å². The Morgan fingerprint density at radius 1 is 1.03 bits per heavy atom. The number of hydrogen-bond acceptors (Lipinski definition) is 6. The van der Waals surface area contributed by atoms with Gasteiger partial charge in [0, 0.05) is 56.3 Å². The van der Waals surface area contributed by atoms with Gasteiger partial charge in [-0.2, -0.15) is 5.10 Å². The third-order valence-electron chi connectivity index (χ3n) is 7.78. The first-order valence-electron chi connectivity index (χ1n) is 13.0. The zero-order valence-corrected chi connectivity index (χ0v) is 23.5. The van der Waals surface area contributed by atoms with Gasteiger partial charge in [0.05, 0.1) is 17.5 Å². The standard InChI is InChI=1S/C29H33N5O4.ClH/c1-18(2)34-26-22(17-30-34)15-29(16-24(26)35)9-11-33(12-10-29)27(36)21-13-23(31-25(14-21)32(3)4)19-5-7-20(8-6-19)28(37)38;/h5-8,13-14,17-18H,9-12,15-16H2,1-4H3,(H,37,38);1H. The molecule has 1 saturated heterocycles. The number of fused-ring (bicyclic) bond motifs is 1. The maximum absolute atomic E-state index is 13.6. The van der Waals surface area contributed by atoms with Crippen LogP contribution < -0.4 is 4.90 Å². The minimum atomic E-state index is -0.991. The van der Waals surface area contributed by atoms with E-state index in [2.05, 4.69) is 10.1 Å². The Labute approximate surface area is 234 Å². The molecule has 9 nitrogen and oxygen atoms in total. The number of Topliss-reactive ketones (excluding diaryl/α,β-unsaturated/α-hetero) is 1. The Morgan fingerprint density at radius 3 is 2.28 bits per heavy atom. The maximum Gasteiger partial charge on any atom is 0.335 e. The van der Waals surface area contributed by atoms with Gasteiger partial charge in [0.15, 0.2) is 5.78 Å². The van der Waals surface area contributed by atoms with E-state index < -0.39 is 5.97 Å². The summed E-state index contributed by atoms with van der Waals surface area (Å²) < 4.78 is 1.84. The second-order valence-corrected chi connectivity index (χ2v) is 11.0. The first-order valence-corrected chi connectivity index (χ1v) is 13.0. The monoisotopic (exact) mass is 551 g/mol. The molecule has 1 aliphatic carbocycles. The largest absolute Gasteiger partial charge is 0.478 e. The van der Waals surface area contributed by atoms with Gasteiger partial charge in [-0.1, -0.05) is 12.1 Å². The van der Waals surface area contributed by atoms with E-state index in [0.29, 0.717) is 36.6 Å². The number of pyridine rings is 1. The van der Waals surface area contributed by atoms with Crippen molar-refractivity contribution in [1.82, 2.24) is 19.7 Å². The molecule has 3 heterocycles. The fourth-order valence-corrected chi connectivity index (χ4v) is 5.64. The van der Waals surface area contributed by atoms with Crippen LogP contribution in [0.1, 0.15) is 75.9 Å². The molecule has 0 saturated carbocycles. The van der Waals surface area contributed by atoms with Crippen LogP contribution in [0.2, 0.25) is 0 Å². The lowest BCUT2D eigenvalue weighted by Gasteiger charge is -2.43. The van der Waals surface area contributed by atoms with Gasteiger partial charge < -0.3 is 14.9 Å². The van der Waals surface area contributed by atoms with E-state index in [1.54, 1.807) is 24.3 Å². The minimum absolute atomic E-state index is 0. The molecule has 2 aromatic heterocycles. The molecule has 0 bridgehead atoms. The summed E-state index contributed by atoms with van der Waals surface area (Å²) in [4.78, 5) is 46.4. The van der Waals surface area contributed by atoms with Gasteiger partial charge in [0.25, 0.3) is 5.91 Å². The number of rotatable bonds is 5. The molecule has 1 aromatic carbocycles. The van der Waals surface area contributed by atoms with Crippen molar-refractivity contribution >= 4 is 35.9 Å². The van der Waals surface area contributed by atoms with E-state index in [-0.39, 0.29) is 41.1 Å². The second kappa shape index (κ2) is 10.8. The predicted molar refractivity (Wildman–Crippen MR) is 151 cm³/mol. The number of carbonyl (C=O) groups excluding carboxylic acids is 2. The Hall–Kier alpha value is -3.72. The van der Waals surface area contributed by atoms with Gasteiger partial charge in [0.1, 0.15) is 11.5 Å². The highest BCUT2D eigenvalue weighted by Gasteiger charge is 2.43. The number of piperidine rings is 1. The molecule has 3 aromatic rings. The van der Waals surface area contributed by atoms with Crippen LogP contribution in [0.4, 0.5) is 5.82 Å². The smallest absolute Gasteiger partial charge is 0.335 e. The lowest BCUT2D eigenvalue weighted by Crippen LogP contribution is -2.46. The summed E-state index contributed by atoms with van der Waals surface area (Å²) >= 11 is 0. The molecule has 0 atom stereocenters. The molecule has 2 aliphatic rings. The molecule has 0 unspecified atom stereocenters. The molecule has 39 heavy (non-hydrogen) atoms. The molecule has 0 radical (unpaired) electrons. The quantitative estimate of drug-likeness (QED) is 0.487. The Kier molecular flexibility index (Phi) is 7.84. The molecular weight excluding hydrogens is 518 g/mol. The number of halogens is 1. The van der Waals surface area contributed by atoms with Gasteiger partial charge in [0.2, 0.25) is 0 Å². The van der Waals surface area contributed by atoms with E-state index in [9.17, 15) is 19.5 Å². The van der Waals surface area contributed by atoms with Gasteiger partial charge >= 0.3 is 5.97 Å². The number of likely N-dealkylation sites (tertiary alicyclic amines) is 1. The van der Waals surface area contributed by atoms with Crippen LogP contribution in [0.15, 0.2) is 42.6 Å². The number of aromatic nitrogens is 3. The average Bonchev–Trinajstić information content (AvgIpc) is 3.33. The molecule has 1 N–H and O–H groups in total. The number of nitrogens with zero attached hydrogens (tertiary/aromatic N) is 5. The van der Waals surface area contributed by atoms with Crippen molar-refractivity contribution in [2.24, 2.45) is 5.41 Å². The minimum Gasteiger partial charge on any atom is -0.478 e. The van der Waals surface area contributed by atoms with Crippen LogP contribution in [-0.2, 0) is 6.42 Å². The topological polar surface area (TPSA) is 109 Å². The van der Waals surface area contributed by atoms with Crippen molar-refractivity contribution in [3.63, 3.8) is 0 Å². The van der Waals surface area contributed by atoms with Gasteiger partial charge in [-0.3, -0.25) is 14.3 Å². The van der Waals surface area contributed by atoms with Gasteiger partial charge in [-0.05, 0) is 62.8 Å². The Bertz CT molecular complexity index is 1410. The molecule has 5 rings (SSSR count). The zero-order chi connectivity index (χ0) is 27.2. The highest BCUT2D eigenvalue weighted by atomic mass is 35.5. The first kappa shape index (κ1) is 28.3. The molecular formula is C29H34ClN5O4. The van der Waals surface area contributed by atoms with E-state index in [4.69, 9.17) is 0 Å². The van der Waals surface area contributed by atoms with E-state index >= 15 is 0 Å². The van der Waals surface area contributed by atoms with Crippen molar-refractivity contribution in [2.75, 3.05) is 32.1 Å². The molecule has 206 valence electrons. The van der Waals surface area contributed by atoms with Crippen LogP contribution in [0, 0.1) is 5.41 Å². The number of carboxylic acid groups (broad SMARTS) is 1. The number of amides is 1. The van der Waals surface area contributed by atoms with Gasteiger partial charge in [-0.15, -0.1) is 12.4 Å². The normalized spacial score (nSPS) is 16.1. The Balaban J connectivity index is 0.00000353. The van der Waals surface area contributed by atoms with E-state index in [1.807, 2.05) is 48.6 Å². The zero-order valence-electron chi connectivity index (χ0n) is 22.7. The predicted octanol–water partition coefficient (Wildman–Crippen LogP) is 4.76. The summed E-state index contributed by atoms with van der Waals surface area (Å²) in [5, 5.41) is 13.7. The maximum atomic E-state index is 13.6.